The number of benzene rings is 1. The second kappa shape index (κ2) is 6.05. The van der Waals surface area contributed by atoms with E-state index in [0.717, 1.165) is 19.0 Å². The van der Waals surface area contributed by atoms with E-state index in [9.17, 15) is 0 Å². The minimum atomic E-state index is 0.154. The van der Waals surface area contributed by atoms with Gasteiger partial charge in [0, 0.05) is 29.6 Å². The van der Waals surface area contributed by atoms with E-state index in [0.29, 0.717) is 17.8 Å². The summed E-state index contributed by atoms with van der Waals surface area (Å²) in [6, 6.07) is 10.8. The molecule has 1 aromatic heterocycles. The van der Waals surface area contributed by atoms with Crippen molar-refractivity contribution in [1.82, 2.24) is 9.97 Å². The average molecular weight is 376 g/mol. The average Bonchev–Trinajstić information content (AvgIpc) is 2.99. The van der Waals surface area contributed by atoms with Gasteiger partial charge in [-0.3, -0.25) is 0 Å². The number of hydrogen-bond donors (Lipinski definition) is 0. The predicted molar refractivity (Wildman–Crippen MR) is 116 cm³/mol. The van der Waals surface area contributed by atoms with Gasteiger partial charge in [-0.2, -0.15) is 0 Å². The summed E-state index contributed by atoms with van der Waals surface area (Å²) in [5.74, 6) is 2.92. The van der Waals surface area contributed by atoms with Gasteiger partial charge in [0.1, 0.15) is 0 Å². The molecule has 2 aromatic rings. The van der Waals surface area contributed by atoms with Crippen molar-refractivity contribution >= 4 is 5.95 Å². The molecule has 1 saturated heterocycles. The third-order valence-electron chi connectivity index (χ3n) is 8.23. The van der Waals surface area contributed by atoms with Crippen molar-refractivity contribution in [2.24, 2.45) is 17.3 Å². The van der Waals surface area contributed by atoms with Gasteiger partial charge in [-0.25, -0.2) is 9.97 Å². The van der Waals surface area contributed by atoms with Gasteiger partial charge in [0.25, 0.3) is 0 Å². The summed E-state index contributed by atoms with van der Waals surface area (Å²) in [5, 5.41) is 0. The molecule has 148 valence electrons. The second-order valence-corrected chi connectivity index (χ2v) is 10.5. The van der Waals surface area contributed by atoms with Crippen molar-refractivity contribution in [3.05, 3.63) is 41.6 Å². The first-order chi connectivity index (χ1) is 13.3. The molecule has 28 heavy (non-hydrogen) atoms. The number of aromatic nitrogens is 2. The van der Waals surface area contributed by atoms with E-state index in [1.54, 1.807) is 0 Å². The molecule has 3 aliphatic rings. The first-order valence-electron chi connectivity index (χ1n) is 11.0. The lowest BCUT2D eigenvalue weighted by atomic mass is 9.70. The normalized spacial score (nSPS) is 33.2. The molecule has 5 rings (SSSR count). The highest BCUT2D eigenvalue weighted by molar-refractivity contribution is 5.70. The molecular weight excluding hydrogens is 342 g/mol. The first-order valence-corrected chi connectivity index (χ1v) is 11.0. The molecule has 3 heteroatoms. The summed E-state index contributed by atoms with van der Waals surface area (Å²) in [5.41, 5.74) is 5.60. The highest BCUT2D eigenvalue weighted by Crippen LogP contribution is 2.68. The Morgan fingerprint density at radius 3 is 2.32 bits per heavy atom. The minimum Gasteiger partial charge on any atom is -0.340 e. The fourth-order valence-corrected chi connectivity index (χ4v) is 6.42. The zero-order valence-corrected chi connectivity index (χ0v) is 18.0. The van der Waals surface area contributed by atoms with Gasteiger partial charge in [0.15, 0.2) is 0 Å². The molecule has 2 bridgehead atoms. The van der Waals surface area contributed by atoms with Crippen molar-refractivity contribution in [1.29, 1.82) is 0 Å². The molecule has 4 atom stereocenters. The quantitative estimate of drug-likeness (QED) is 0.664. The number of nitrogens with zero attached hydrogens (tertiary/aromatic N) is 3. The summed E-state index contributed by atoms with van der Waals surface area (Å²) < 4.78 is 0. The lowest BCUT2D eigenvalue weighted by Gasteiger charge is -2.37. The molecule has 1 saturated carbocycles. The summed E-state index contributed by atoms with van der Waals surface area (Å²) in [4.78, 5) is 13.0. The zero-order valence-electron chi connectivity index (χ0n) is 18.0. The first kappa shape index (κ1) is 18.1. The summed E-state index contributed by atoms with van der Waals surface area (Å²) in [6.07, 6.45) is 3.81. The van der Waals surface area contributed by atoms with E-state index >= 15 is 0 Å². The van der Waals surface area contributed by atoms with Gasteiger partial charge in [-0.1, -0.05) is 65.0 Å². The summed E-state index contributed by atoms with van der Waals surface area (Å²) in [6.45, 7) is 14.2. The van der Waals surface area contributed by atoms with Crippen LogP contribution in [0, 0.1) is 17.3 Å². The van der Waals surface area contributed by atoms with Crippen LogP contribution in [0.4, 0.5) is 5.95 Å². The Bertz CT molecular complexity index is 894. The second-order valence-electron chi connectivity index (χ2n) is 10.5. The largest absolute Gasteiger partial charge is 0.340 e. The lowest BCUT2D eigenvalue weighted by Crippen LogP contribution is -2.40. The van der Waals surface area contributed by atoms with Gasteiger partial charge in [-0.05, 0) is 42.4 Å². The van der Waals surface area contributed by atoms with E-state index in [1.165, 1.54) is 41.8 Å². The number of hydrogen-bond acceptors (Lipinski definition) is 3. The Hall–Kier alpha value is -1.90. The van der Waals surface area contributed by atoms with Crippen LogP contribution < -0.4 is 4.90 Å². The Balaban J connectivity index is 1.71. The number of piperidine rings is 1. The fourth-order valence-electron chi connectivity index (χ4n) is 6.42. The van der Waals surface area contributed by atoms with Crippen LogP contribution >= 0.6 is 0 Å². The van der Waals surface area contributed by atoms with Crippen LogP contribution in [0.15, 0.2) is 30.3 Å². The van der Waals surface area contributed by atoms with Crippen molar-refractivity contribution in [2.45, 2.75) is 65.2 Å². The van der Waals surface area contributed by atoms with Crippen molar-refractivity contribution in [2.75, 3.05) is 18.0 Å². The van der Waals surface area contributed by atoms with Crippen LogP contribution in [0.25, 0.3) is 11.3 Å². The molecular formula is C25H33N3. The Morgan fingerprint density at radius 1 is 0.964 bits per heavy atom. The topological polar surface area (TPSA) is 29.0 Å². The van der Waals surface area contributed by atoms with Crippen LogP contribution in [0.1, 0.15) is 71.1 Å². The lowest BCUT2D eigenvalue weighted by molar-refractivity contribution is 0.227. The molecule has 0 amide bonds. The molecule has 2 aliphatic carbocycles. The number of anilines is 1. The van der Waals surface area contributed by atoms with Gasteiger partial charge in [-0.15, -0.1) is 0 Å². The molecule has 0 N–H and O–H groups in total. The van der Waals surface area contributed by atoms with E-state index < -0.39 is 0 Å². The van der Waals surface area contributed by atoms with Crippen molar-refractivity contribution in [3.63, 3.8) is 0 Å². The molecule has 1 aromatic carbocycles. The summed E-state index contributed by atoms with van der Waals surface area (Å²) in [7, 11) is 0. The minimum absolute atomic E-state index is 0.154. The monoisotopic (exact) mass is 375 g/mol. The SMILES string of the molecule is CC1CC(C)CN(c2nc(-c3ccccc3)c3c(n2)C2(C)CCC3C2(C)C)C1. The Labute approximate surface area is 169 Å². The van der Waals surface area contributed by atoms with Gasteiger partial charge < -0.3 is 4.90 Å². The van der Waals surface area contributed by atoms with E-state index in [-0.39, 0.29) is 10.8 Å². The Kier molecular flexibility index (Phi) is 3.92. The van der Waals surface area contributed by atoms with Crippen LogP contribution in [-0.2, 0) is 5.41 Å². The summed E-state index contributed by atoms with van der Waals surface area (Å²) >= 11 is 0. The van der Waals surface area contributed by atoms with Crippen LogP contribution in [0.3, 0.4) is 0 Å². The van der Waals surface area contributed by atoms with Gasteiger partial charge >= 0.3 is 0 Å². The molecule has 1 aliphatic heterocycles. The molecule has 0 radical (unpaired) electrons. The molecule has 2 heterocycles. The van der Waals surface area contributed by atoms with Crippen molar-refractivity contribution < 1.29 is 0 Å². The zero-order chi connectivity index (χ0) is 19.7. The van der Waals surface area contributed by atoms with Crippen molar-refractivity contribution in [3.8, 4) is 11.3 Å². The third kappa shape index (κ3) is 2.41. The smallest absolute Gasteiger partial charge is 0.226 e. The van der Waals surface area contributed by atoms with E-state index in [4.69, 9.17) is 9.97 Å². The highest BCUT2D eigenvalue weighted by atomic mass is 15.3. The van der Waals surface area contributed by atoms with Gasteiger partial charge in [0.2, 0.25) is 5.95 Å². The maximum absolute atomic E-state index is 5.30. The predicted octanol–water partition coefficient (Wildman–Crippen LogP) is 5.80. The van der Waals surface area contributed by atoms with E-state index in [1.807, 2.05) is 0 Å². The molecule has 3 nitrogen and oxygen atoms in total. The fraction of sp³-hybridized carbons (Fsp3) is 0.600. The number of fused-ring (bicyclic) bond motifs is 5. The maximum atomic E-state index is 5.30. The van der Waals surface area contributed by atoms with Crippen LogP contribution in [0.2, 0.25) is 0 Å². The molecule has 4 unspecified atom stereocenters. The molecule has 0 spiro atoms. The molecule has 2 fully saturated rings. The van der Waals surface area contributed by atoms with E-state index in [2.05, 4.69) is 69.9 Å². The highest BCUT2D eigenvalue weighted by Gasteiger charge is 2.61. The Morgan fingerprint density at radius 2 is 1.64 bits per heavy atom. The number of rotatable bonds is 2. The standard InChI is InChI=1S/C25H33N3/c1-16-13-17(2)15-28(14-16)23-26-21(18-9-7-6-8-10-18)20-19-11-12-25(5,22(20)27-23)24(19,3)4/h6-10,16-17,19H,11-15H2,1-5H3. The third-order valence-corrected chi connectivity index (χ3v) is 8.23. The van der Waals surface area contributed by atoms with Crippen LogP contribution in [-0.4, -0.2) is 23.1 Å². The maximum Gasteiger partial charge on any atom is 0.226 e. The van der Waals surface area contributed by atoms with Crippen LogP contribution in [0.5, 0.6) is 0 Å². The van der Waals surface area contributed by atoms with Gasteiger partial charge in [0.05, 0.1) is 11.4 Å².